The number of piperidine rings is 2. The van der Waals surface area contributed by atoms with E-state index in [-0.39, 0.29) is 30.7 Å². The van der Waals surface area contributed by atoms with E-state index in [1.807, 2.05) is 0 Å². The first-order chi connectivity index (χ1) is 12.7. The van der Waals surface area contributed by atoms with E-state index in [9.17, 15) is 4.79 Å². The van der Waals surface area contributed by atoms with Crippen molar-refractivity contribution in [2.75, 3.05) is 19.6 Å². The van der Waals surface area contributed by atoms with Crippen LogP contribution >= 0.6 is 24.8 Å². The van der Waals surface area contributed by atoms with E-state index in [0.717, 1.165) is 32.0 Å². The number of hydrogen-bond acceptors (Lipinski definition) is 3. The summed E-state index contributed by atoms with van der Waals surface area (Å²) in [5.74, 6) is 0.910. The molecule has 0 bridgehead atoms. The lowest BCUT2D eigenvalue weighted by Gasteiger charge is -2.33. The highest BCUT2D eigenvalue weighted by atomic mass is 35.5. The van der Waals surface area contributed by atoms with E-state index in [2.05, 4.69) is 46.7 Å². The Hall–Kier alpha value is -0.810. The quantitative estimate of drug-likeness (QED) is 0.678. The molecule has 0 spiro atoms. The first kappa shape index (κ1) is 25.2. The van der Waals surface area contributed by atoms with Gasteiger partial charge in [-0.2, -0.15) is 0 Å². The molecule has 1 aromatic rings. The van der Waals surface area contributed by atoms with Gasteiger partial charge in [0.15, 0.2) is 0 Å². The van der Waals surface area contributed by atoms with Crippen LogP contribution in [-0.2, 0) is 17.9 Å². The Bertz CT molecular complexity index is 561. The number of nitrogens with zero attached hydrogens (tertiary/aromatic N) is 1. The number of likely N-dealkylation sites (tertiary alicyclic amines) is 1. The van der Waals surface area contributed by atoms with Gasteiger partial charge in [0.2, 0.25) is 5.91 Å². The van der Waals surface area contributed by atoms with Crippen molar-refractivity contribution in [1.82, 2.24) is 15.5 Å². The first-order valence-corrected chi connectivity index (χ1v) is 10.5. The summed E-state index contributed by atoms with van der Waals surface area (Å²) in [6.45, 7) is 7.46. The highest BCUT2D eigenvalue weighted by molar-refractivity contribution is 5.85. The number of rotatable bonds is 7. The molecule has 1 unspecified atom stereocenters. The minimum atomic E-state index is 0. The molecule has 6 heteroatoms. The monoisotopic (exact) mass is 429 g/mol. The van der Waals surface area contributed by atoms with Gasteiger partial charge in [0, 0.05) is 25.6 Å². The molecule has 3 rings (SSSR count). The van der Waals surface area contributed by atoms with E-state index in [1.54, 1.807) is 0 Å². The van der Waals surface area contributed by atoms with Crippen molar-refractivity contribution >= 4 is 30.7 Å². The lowest BCUT2D eigenvalue weighted by atomic mass is 9.93. The zero-order chi connectivity index (χ0) is 18.2. The highest BCUT2D eigenvalue weighted by Gasteiger charge is 2.18. The fraction of sp³-hybridized carbons (Fsp3) is 0.682. The third-order valence-electron chi connectivity index (χ3n) is 6.08. The minimum Gasteiger partial charge on any atom is -0.352 e. The van der Waals surface area contributed by atoms with Crippen molar-refractivity contribution in [3.05, 3.63) is 35.4 Å². The minimum absolute atomic E-state index is 0. The number of benzene rings is 1. The maximum absolute atomic E-state index is 12.1. The van der Waals surface area contributed by atoms with Gasteiger partial charge < -0.3 is 10.6 Å². The first-order valence-electron chi connectivity index (χ1n) is 10.5. The molecule has 0 saturated carbocycles. The fourth-order valence-electron chi connectivity index (χ4n) is 4.18. The zero-order valence-corrected chi connectivity index (χ0v) is 18.8. The van der Waals surface area contributed by atoms with Crippen LogP contribution < -0.4 is 10.6 Å². The summed E-state index contributed by atoms with van der Waals surface area (Å²) < 4.78 is 0. The summed E-state index contributed by atoms with van der Waals surface area (Å²) in [7, 11) is 0. The van der Waals surface area contributed by atoms with Crippen molar-refractivity contribution in [2.45, 2.75) is 71.0 Å². The molecule has 2 aliphatic rings. The van der Waals surface area contributed by atoms with Crippen molar-refractivity contribution in [3.8, 4) is 0 Å². The molecule has 4 nitrogen and oxygen atoms in total. The van der Waals surface area contributed by atoms with Crippen LogP contribution in [0, 0.1) is 5.92 Å². The van der Waals surface area contributed by atoms with E-state index in [0.29, 0.717) is 19.0 Å². The predicted molar refractivity (Wildman–Crippen MR) is 121 cm³/mol. The van der Waals surface area contributed by atoms with Gasteiger partial charge in [0.1, 0.15) is 0 Å². The van der Waals surface area contributed by atoms with Crippen LogP contribution in [0.5, 0.6) is 0 Å². The highest BCUT2D eigenvalue weighted by Crippen LogP contribution is 2.20. The smallest absolute Gasteiger partial charge is 0.220 e. The molecule has 160 valence electrons. The van der Waals surface area contributed by atoms with Crippen LogP contribution in [0.3, 0.4) is 0 Å². The molecule has 2 saturated heterocycles. The van der Waals surface area contributed by atoms with Crippen LogP contribution in [0.2, 0.25) is 0 Å². The number of halogens is 2. The molecule has 2 aliphatic heterocycles. The third-order valence-corrected chi connectivity index (χ3v) is 6.08. The third kappa shape index (κ3) is 8.28. The van der Waals surface area contributed by atoms with Gasteiger partial charge in [-0.15, -0.1) is 24.8 Å². The SMILES string of the molecule is CC1CCCCN1Cc1ccc(CNC(=O)CCC2CCNCC2)cc1.Cl.Cl. The second kappa shape index (κ2) is 13.4. The normalized spacial score (nSPS) is 20.7. The summed E-state index contributed by atoms with van der Waals surface area (Å²) in [5.41, 5.74) is 2.57. The molecule has 1 amide bonds. The molecule has 2 N–H and O–H groups in total. The predicted octanol–water partition coefficient (Wildman–Crippen LogP) is 4.30. The van der Waals surface area contributed by atoms with Crippen molar-refractivity contribution in [2.24, 2.45) is 5.92 Å². The summed E-state index contributed by atoms with van der Waals surface area (Å²) in [6, 6.07) is 9.46. The largest absolute Gasteiger partial charge is 0.352 e. The van der Waals surface area contributed by atoms with Gasteiger partial charge in [-0.25, -0.2) is 0 Å². The Morgan fingerprint density at radius 1 is 1.07 bits per heavy atom. The van der Waals surface area contributed by atoms with Crippen molar-refractivity contribution in [1.29, 1.82) is 0 Å². The Balaban J connectivity index is 0.00000196. The standard InChI is InChI=1S/C22H35N3O.2ClH/c1-18-4-2-3-15-25(18)17-21-7-5-20(6-8-21)16-24-22(26)10-9-19-11-13-23-14-12-19;;/h5-8,18-19,23H,2-4,9-17H2,1H3,(H,24,26);2*1H. The zero-order valence-electron chi connectivity index (χ0n) is 17.1. The molecule has 0 aliphatic carbocycles. The Labute approximate surface area is 183 Å². The van der Waals surface area contributed by atoms with Crippen LogP contribution in [0.25, 0.3) is 0 Å². The average Bonchev–Trinajstić information content (AvgIpc) is 2.68. The fourth-order valence-corrected chi connectivity index (χ4v) is 4.18. The number of carbonyl (C=O) groups excluding carboxylic acids is 1. The molecule has 28 heavy (non-hydrogen) atoms. The van der Waals surface area contributed by atoms with E-state index >= 15 is 0 Å². The van der Waals surface area contributed by atoms with Gasteiger partial charge in [0.25, 0.3) is 0 Å². The van der Waals surface area contributed by atoms with Crippen LogP contribution in [0.4, 0.5) is 0 Å². The second-order valence-corrected chi connectivity index (χ2v) is 8.14. The lowest BCUT2D eigenvalue weighted by Crippen LogP contribution is -2.36. The number of carbonyl (C=O) groups is 1. The van der Waals surface area contributed by atoms with Crippen LogP contribution in [0.15, 0.2) is 24.3 Å². The molecule has 2 heterocycles. The number of hydrogen-bond donors (Lipinski definition) is 2. The van der Waals surface area contributed by atoms with Crippen LogP contribution in [0.1, 0.15) is 63.0 Å². The maximum Gasteiger partial charge on any atom is 0.220 e. The topological polar surface area (TPSA) is 44.4 Å². The van der Waals surface area contributed by atoms with Gasteiger partial charge in [-0.05, 0) is 75.7 Å². The molecule has 2 fully saturated rings. The van der Waals surface area contributed by atoms with Gasteiger partial charge in [-0.1, -0.05) is 30.7 Å². The molecule has 1 aromatic carbocycles. The Morgan fingerprint density at radius 2 is 1.75 bits per heavy atom. The number of nitrogens with one attached hydrogen (secondary N) is 2. The van der Waals surface area contributed by atoms with Crippen molar-refractivity contribution in [3.63, 3.8) is 0 Å². The Kier molecular flexibility index (Phi) is 12.1. The van der Waals surface area contributed by atoms with Crippen LogP contribution in [-0.4, -0.2) is 36.5 Å². The summed E-state index contributed by atoms with van der Waals surface area (Å²) in [6.07, 6.45) is 8.13. The van der Waals surface area contributed by atoms with Gasteiger partial charge in [0.05, 0.1) is 0 Å². The second-order valence-electron chi connectivity index (χ2n) is 8.14. The molecule has 0 radical (unpaired) electrons. The van der Waals surface area contributed by atoms with Gasteiger partial charge >= 0.3 is 0 Å². The van der Waals surface area contributed by atoms with Gasteiger partial charge in [-0.3, -0.25) is 9.69 Å². The summed E-state index contributed by atoms with van der Waals surface area (Å²) in [5, 5.41) is 6.46. The van der Waals surface area contributed by atoms with E-state index < -0.39 is 0 Å². The maximum atomic E-state index is 12.1. The number of amides is 1. The Morgan fingerprint density at radius 3 is 2.43 bits per heavy atom. The van der Waals surface area contributed by atoms with E-state index in [4.69, 9.17) is 0 Å². The lowest BCUT2D eigenvalue weighted by molar-refractivity contribution is -0.121. The molecule has 0 aromatic heterocycles. The molecular weight excluding hydrogens is 393 g/mol. The average molecular weight is 430 g/mol. The van der Waals surface area contributed by atoms with Crippen molar-refractivity contribution < 1.29 is 4.79 Å². The summed E-state index contributed by atoms with van der Waals surface area (Å²) >= 11 is 0. The molecular formula is C22H37Cl2N3O. The molecule has 1 atom stereocenters. The summed E-state index contributed by atoms with van der Waals surface area (Å²) in [4.78, 5) is 14.7. The van der Waals surface area contributed by atoms with E-state index in [1.165, 1.54) is 49.8 Å².